The topological polar surface area (TPSA) is 87.7 Å². The number of pyridine rings is 1. The van der Waals surface area contributed by atoms with Crippen molar-refractivity contribution < 1.29 is 4.79 Å². The molecule has 1 aliphatic carbocycles. The summed E-state index contributed by atoms with van der Waals surface area (Å²) in [6.07, 6.45) is 6.09. The predicted octanol–water partition coefficient (Wildman–Crippen LogP) is 1.38. The van der Waals surface area contributed by atoms with Crippen molar-refractivity contribution >= 4 is 5.91 Å². The molecule has 0 atom stereocenters. The van der Waals surface area contributed by atoms with Gasteiger partial charge in [-0.05, 0) is 55.9 Å². The van der Waals surface area contributed by atoms with Crippen LogP contribution < -0.4 is 10.9 Å². The molecule has 0 saturated carbocycles. The van der Waals surface area contributed by atoms with Crippen molar-refractivity contribution in [3.63, 3.8) is 0 Å². The molecule has 6 heteroatoms. The number of aromatic amines is 1. The lowest BCUT2D eigenvalue weighted by molar-refractivity contribution is 0.0951. The van der Waals surface area contributed by atoms with Crippen LogP contribution in [0.1, 0.15) is 52.6 Å². The minimum absolute atomic E-state index is 0.0683. The Bertz CT molecular complexity index is 782. The largest absolute Gasteiger partial charge is 0.351 e. The minimum Gasteiger partial charge on any atom is -0.351 e. The van der Waals surface area contributed by atoms with E-state index in [1.807, 2.05) is 13.0 Å². The van der Waals surface area contributed by atoms with Crippen molar-refractivity contribution in [2.45, 2.75) is 39.0 Å². The number of nitrogens with one attached hydrogen (secondary N) is 2. The minimum atomic E-state index is -0.175. The molecule has 2 aromatic rings. The number of fused-ring (bicyclic) bond motifs is 1. The summed E-state index contributed by atoms with van der Waals surface area (Å²) < 4.78 is 0. The molecule has 2 heterocycles. The van der Waals surface area contributed by atoms with E-state index in [0.717, 1.165) is 48.1 Å². The smallest absolute Gasteiger partial charge is 0.269 e. The number of H-pyrrole nitrogens is 1. The molecule has 2 aromatic heterocycles. The Kier molecular flexibility index (Phi) is 4.50. The van der Waals surface area contributed by atoms with Crippen LogP contribution >= 0.6 is 0 Å². The van der Waals surface area contributed by atoms with Crippen LogP contribution in [0.5, 0.6) is 0 Å². The maximum absolute atomic E-state index is 11.9. The number of nitrogens with zero attached hydrogens (tertiary/aromatic N) is 2. The van der Waals surface area contributed by atoms with Crippen LogP contribution in [0, 0.1) is 0 Å². The Labute approximate surface area is 134 Å². The highest BCUT2D eigenvalue weighted by atomic mass is 16.1. The summed E-state index contributed by atoms with van der Waals surface area (Å²) in [4.78, 5) is 27.9. The van der Waals surface area contributed by atoms with Gasteiger partial charge < -0.3 is 5.32 Å². The van der Waals surface area contributed by atoms with Gasteiger partial charge in [0.2, 0.25) is 0 Å². The highest BCUT2D eigenvalue weighted by molar-refractivity contribution is 5.92. The van der Waals surface area contributed by atoms with E-state index >= 15 is 0 Å². The Morgan fingerprint density at radius 2 is 2.09 bits per heavy atom. The molecular formula is C17H20N4O2. The summed E-state index contributed by atoms with van der Waals surface area (Å²) >= 11 is 0. The molecule has 1 amide bonds. The molecule has 0 fully saturated rings. The zero-order valence-electron chi connectivity index (χ0n) is 13.2. The third-order valence-electron chi connectivity index (χ3n) is 4.15. The second-order valence-corrected chi connectivity index (χ2v) is 5.75. The standard InChI is InChI=1S/C17H20N4O2/c1-2-18-17(23)15-10-11(7-8-19-15)9-14-12-5-3-4-6-13(12)16(22)21-20-14/h7-8,10H,2-6,9H2,1H3,(H,18,23)(H,21,22). The summed E-state index contributed by atoms with van der Waals surface area (Å²) in [6.45, 7) is 2.44. The van der Waals surface area contributed by atoms with Crippen molar-refractivity contribution in [3.05, 3.63) is 56.8 Å². The third-order valence-corrected chi connectivity index (χ3v) is 4.15. The van der Waals surface area contributed by atoms with E-state index in [9.17, 15) is 9.59 Å². The Morgan fingerprint density at radius 3 is 2.87 bits per heavy atom. The van der Waals surface area contributed by atoms with Gasteiger partial charge in [0.15, 0.2) is 0 Å². The van der Waals surface area contributed by atoms with Crippen LogP contribution in [0.3, 0.4) is 0 Å². The van der Waals surface area contributed by atoms with Gasteiger partial charge in [0.25, 0.3) is 11.5 Å². The van der Waals surface area contributed by atoms with Crippen molar-refractivity contribution in [2.75, 3.05) is 6.54 Å². The van der Waals surface area contributed by atoms with Crippen molar-refractivity contribution in [1.82, 2.24) is 20.5 Å². The van der Waals surface area contributed by atoms with E-state index < -0.39 is 0 Å². The Morgan fingerprint density at radius 1 is 1.30 bits per heavy atom. The van der Waals surface area contributed by atoms with E-state index in [4.69, 9.17) is 0 Å². The summed E-state index contributed by atoms with van der Waals surface area (Å²) in [5.41, 5.74) is 4.15. The lowest BCUT2D eigenvalue weighted by Crippen LogP contribution is -2.24. The van der Waals surface area contributed by atoms with E-state index in [2.05, 4.69) is 20.5 Å². The van der Waals surface area contributed by atoms with E-state index in [0.29, 0.717) is 18.7 Å². The van der Waals surface area contributed by atoms with Gasteiger partial charge in [0.1, 0.15) is 5.69 Å². The first-order valence-electron chi connectivity index (χ1n) is 8.01. The average Bonchev–Trinajstić information content (AvgIpc) is 2.58. The number of amides is 1. The number of hydrogen-bond donors (Lipinski definition) is 2. The zero-order valence-corrected chi connectivity index (χ0v) is 13.2. The van der Waals surface area contributed by atoms with Crippen LogP contribution in [-0.4, -0.2) is 27.6 Å². The second kappa shape index (κ2) is 6.73. The van der Waals surface area contributed by atoms with Crippen LogP contribution in [0.25, 0.3) is 0 Å². The normalized spacial score (nSPS) is 13.4. The fourth-order valence-corrected chi connectivity index (χ4v) is 3.03. The molecule has 23 heavy (non-hydrogen) atoms. The maximum Gasteiger partial charge on any atom is 0.269 e. The fraction of sp³-hybridized carbons (Fsp3) is 0.412. The van der Waals surface area contributed by atoms with Gasteiger partial charge in [-0.1, -0.05) is 0 Å². The fourth-order valence-electron chi connectivity index (χ4n) is 3.03. The van der Waals surface area contributed by atoms with Crippen molar-refractivity contribution in [2.24, 2.45) is 0 Å². The molecule has 0 bridgehead atoms. The molecular weight excluding hydrogens is 292 g/mol. The van der Waals surface area contributed by atoms with Gasteiger partial charge in [0.05, 0.1) is 5.69 Å². The first-order valence-corrected chi connectivity index (χ1v) is 8.01. The van der Waals surface area contributed by atoms with Gasteiger partial charge in [0, 0.05) is 24.7 Å². The van der Waals surface area contributed by atoms with Crippen LogP contribution in [0.15, 0.2) is 23.1 Å². The molecule has 0 radical (unpaired) electrons. The molecule has 0 aliphatic heterocycles. The summed E-state index contributed by atoms with van der Waals surface area (Å²) in [5.74, 6) is -0.175. The zero-order chi connectivity index (χ0) is 16.2. The molecule has 120 valence electrons. The molecule has 6 nitrogen and oxygen atoms in total. The van der Waals surface area contributed by atoms with E-state index in [1.165, 1.54) is 0 Å². The van der Waals surface area contributed by atoms with E-state index in [1.54, 1.807) is 12.3 Å². The van der Waals surface area contributed by atoms with Gasteiger partial charge in [-0.25, -0.2) is 5.10 Å². The summed E-state index contributed by atoms with van der Waals surface area (Å²) in [6, 6.07) is 3.66. The highest BCUT2D eigenvalue weighted by Crippen LogP contribution is 2.22. The van der Waals surface area contributed by atoms with Crippen molar-refractivity contribution in [1.29, 1.82) is 0 Å². The number of aromatic nitrogens is 3. The Balaban J connectivity index is 1.90. The van der Waals surface area contributed by atoms with E-state index in [-0.39, 0.29) is 11.5 Å². The van der Waals surface area contributed by atoms with Crippen LogP contribution in [0.2, 0.25) is 0 Å². The van der Waals surface area contributed by atoms with Crippen molar-refractivity contribution in [3.8, 4) is 0 Å². The SMILES string of the molecule is CCNC(=O)c1cc(Cc2n[nH]c(=O)c3c2CCCC3)ccn1. The predicted molar refractivity (Wildman–Crippen MR) is 86.5 cm³/mol. The van der Waals surface area contributed by atoms with Gasteiger partial charge >= 0.3 is 0 Å². The van der Waals surface area contributed by atoms with Gasteiger partial charge in [-0.2, -0.15) is 5.10 Å². The third kappa shape index (κ3) is 3.31. The molecule has 0 unspecified atom stereocenters. The number of rotatable bonds is 4. The Hall–Kier alpha value is -2.50. The first-order chi connectivity index (χ1) is 11.2. The van der Waals surface area contributed by atoms with Crippen LogP contribution in [0.4, 0.5) is 0 Å². The molecule has 0 aromatic carbocycles. The number of carbonyl (C=O) groups is 1. The molecule has 1 aliphatic rings. The van der Waals surface area contributed by atoms with Crippen LogP contribution in [-0.2, 0) is 19.3 Å². The van der Waals surface area contributed by atoms with Gasteiger partial charge in [-0.3, -0.25) is 14.6 Å². The quantitative estimate of drug-likeness (QED) is 0.893. The lowest BCUT2D eigenvalue weighted by Gasteiger charge is -2.17. The second-order valence-electron chi connectivity index (χ2n) is 5.75. The van der Waals surface area contributed by atoms with Gasteiger partial charge in [-0.15, -0.1) is 0 Å². The molecule has 3 rings (SSSR count). The monoisotopic (exact) mass is 312 g/mol. The number of carbonyl (C=O) groups excluding carboxylic acids is 1. The summed E-state index contributed by atoms with van der Waals surface area (Å²) in [7, 11) is 0. The molecule has 0 spiro atoms. The first kappa shape index (κ1) is 15.4. The maximum atomic E-state index is 11.9. The highest BCUT2D eigenvalue weighted by Gasteiger charge is 2.18. The average molecular weight is 312 g/mol. The molecule has 2 N–H and O–H groups in total. The molecule has 0 saturated heterocycles. The summed E-state index contributed by atoms with van der Waals surface area (Å²) in [5, 5.41) is 9.59. The lowest BCUT2D eigenvalue weighted by atomic mass is 9.90. The number of hydrogen-bond acceptors (Lipinski definition) is 4.